The Kier molecular flexibility index (Phi) is 6.10. The highest BCUT2D eigenvalue weighted by molar-refractivity contribution is 5.94. The normalized spacial score (nSPS) is 11.5. The van der Waals surface area contributed by atoms with Crippen molar-refractivity contribution in [1.82, 2.24) is 5.32 Å². The highest BCUT2D eigenvalue weighted by Gasteiger charge is 2.11. The van der Waals surface area contributed by atoms with Gasteiger partial charge in [-0.2, -0.15) is 0 Å². The summed E-state index contributed by atoms with van der Waals surface area (Å²) in [6.07, 6.45) is 0. The van der Waals surface area contributed by atoms with Gasteiger partial charge in [-0.3, -0.25) is 4.79 Å². The van der Waals surface area contributed by atoms with Gasteiger partial charge in [-0.15, -0.1) is 0 Å². The maximum Gasteiger partial charge on any atom is 0.251 e. The first-order chi connectivity index (χ1) is 13.2. The van der Waals surface area contributed by atoms with Crippen molar-refractivity contribution in [2.24, 2.45) is 0 Å². The molecule has 0 aliphatic heterocycles. The molecule has 138 valence electrons. The molecule has 0 heterocycles. The molecule has 0 radical (unpaired) electrons. The Bertz CT molecular complexity index is 858. The lowest BCUT2D eigenvalue weighted by Crippen LogP contribution is -2.36. The fourth-order valence-electron chi connectivity index (χ4n) is 2.69. The topological polar surface area (TPSA) is 47.6 Å². The number of benzene rings is 3. The number of methoxy groups -OCH3 is 1. The van der Waals surface area contributed by atoms with E-state index in [0.29, 0.717) is 12.2 Å². The number of hydrogen-bond donors (Lipinski definition) is 1. The van der Waals surface area contributed by atoms with Crippen molar-refractivity contribution < 1.29 is 14.3 Å². The summed E-state index contributed by atoms with van der Waals surface area (Å²) in [5.41, 5.74) is 2.85. The lowest BCUT2D eigenvalue weighted by Gasteiger charge is -2.15. The van der Waals surface area contributed by atoms with Gasteiger partial charge < -0.3 is 14.8 Å². The summed E-state index contributed by atoms with van der Waals surface area (Å²) in [5.74, 6) is 1.41. The van der Waals surface area contributed by atoms with E-state index in [1.54, 1.807) is 7.11 Å². The van der Waals surface area contributed by atoms with E-state index < -0.39 is 0 Å². The predicted molar refractivity (Wildman–Crippen MR) is 107 cm³/mol. The van der Waals surface area contributed by atoms with Gasteiger partial charge in [0.15, 0.2) is 0 Å². The Morgan fingerprint density at radius 1 is 0.852 bits per heavy atom. The van der Waals surface area contributed by atoms with Crippen LogP contribution in [0.4, 0.5) is 0 Å². The average molecular weight is 361 g/mol. The third kappa shape index (κ3) is 5.11. The molecule has 3 aromatic rings. The minimum Gasteiger partial charge on any atom is -0.497 e. The van der Waals surface area contributed by atoms with Crippen LogP contribution in [0.5, 0.6) is 11.5 Å². The van der Waals surface area contributed by atoms with Crippen molar-refractivity contribution in [2.75, 3.05) is 13.7 Å². The molecule has 0 aliphatic rings. The number of nitrogens with one attached hydrogen (secondary N) is 1. The molecular formula is C23H23NO3. The minimum atomic E-state index is -0.117. The molecule has 0 aromatic heterocycles. The van der Waals surface area contributed by atoms with E-state index >= 15 is 0 Å². The van der Waals surface area contributed by atoms with Crippen LogP contribution in [0.15, 0.2) is 78.9 Å². The van der Waals surface area contributed by atoms with Gasteiger partial charge in [0.1, 0.15) is 18.1 Å². The summed E-state index contributed by atoms with van der Waals surface area (Å²) in [5, 5.41) is 2.96. The van der Waals surface area contributed by atoms with Gasteiger partial charge in [0.05, 0.1) is 13.2 Å². The van der Waals surface area contributed by atoms with E-state index in [-0.39, 0.29) is 11.9 Å². The van der Waals surface area contributed by atoms with Gasteiger partial charge in [-0.1, -0.05) is 42.5 Å². The summed E-state index contributed by atoms with van der Waals surface area (Å²) in [7, 11) is 1.62. The lowest BCUT2D eigenvalue weighted by molar-refractivity contribution is 0.0926. The van der Waals surface area contributed by atoms with Crippen LogP contribution < -0.4 is 14.8 Å². The van der Waals surface area contributed by atoms with Gasteiger partial charge in [-0.05, 0) is 54.4 Å². The average Bonchev–Trinajstić information content (AvgIpc) is 2.73. The Morgan fingerprint density at radius 3 is 2.07 bits per heavy atom. The Morgan fingerprint density at radius 2 is 1.44 bits per heavy atom. The van der Waals surface area contributed by atoms with Crippen LogP contribution in [-0.2, 0) is 0 Å². The predicted octanol–water partition coefficient (Wildman–Crippen LogP) is 4.56. The van der Waals surface area contributed by atoms with Crippen molar-refractivity contribution in [3.8, 4) is 22.6 Å². The van der Waals surface area contributed by atoms with E-state index in [9.17, 15) is 4.79 Å². The molecule has 3 rings (SSSR count). The molecule has 27 heavy (non-hydrogen) atoms. The molecule has 4 heteroatoms. The maximum absolute atomic E-state index is 12.4. The quantitative estimate of drug-likeness (QED) is 0.671. The van der Waals surface area contributed by atoms with Crippen molar-refractivity contribution in [2.45, 2.75) is 13.0 Å². The molecule has 0 unspecified atom stereocenters. The van der Waals surface area contributed by atoms with E-state index in [4.69, 9.17) is 9.47 Å². The van der Waals surface area contributed by atoms with Crippen LogP contribution in [0.3, 0.4) is 0 Å². The maximum atomic E-state index is 12.4. The third-order valence-electron chi connectivity index (χ3n) is 4.19. The molecule has 0 aliphatic carbocycles. The van der Waals surface area contributed by atoms with Crippen molar-refractivity contribution in [1.29, 1.82) is 0 Å². The van der Waals surface area contributed by atoms with Crippen molar-refractivity contribution in [3.05, 3.63) is 84.4 Å². The summed E-state index contributed by atoms with van der Waals surface area (Å²) in [6, 6.07) is 24.9. The standard InChI is InChI=1S/C23H23NO3/c1-17(16-27-22-14-12-21(26-2)13-15-22)24-23(25)20-10-8-19(9-11-20)18-6-4-3-5-7-18/h3-15,17H,16H2,1-2H3,(H,24,25)/t17-/m1/s1. The molecule has 0 spiro atoms. The van der Waals surface area contributed by atoms with Gasteiger partial charge in [-0.25, -0.2) is 0 Å². The fraction of sp³-hybridized carbons (Fsp3) is 0.174. The second-order valence-electron chi connectivity index (χ2n) is 6.30. The number of carbonyl (C=O) groups is 1. The molecule has 3 aromatic carbocycles. The zero-order chi connectivity index (χ0) is 19.1. The number of amides is 1. The molecule has 0 saturated carbocycles. The highest BCUT2D eigenvalue weighted by atomic mass is 16.5. The molecule has 0 fully saturated rings. The number of hydrogen-bond acceptors (Lipinski definition) is 3. The minimum absolute atomic E-state index is 0.111. The zero-order valence-corrected chi connectivity index (χ0v) is 15.5. The molecule has 0 saturated heterocycles. The zero-order valence-electron chi connectivity index (χ0n) is 15.5. The Labute approximate surface area is 159 Å². The molecule has 1 atom stereocenters. The van der Waals surface area contributed by atoms with Crippen LogP contribution >= 0.6 is 0 Å². The summed E-state index contributed by atoms with van der Waals surface area (Å²) >= 11 is 0. The molecular weight excluding hydrogens is 338 g/mol. The van der Waals surface area contributed by atoms with Crippen LogP contribution in [0.2, 0.25) is 0 Å². The van der Waals surface area contributed by atoms with E-state index in [1.807, 2.05) is 85.8 Å². The number of carbonyl (C=O) groups excluding carboxylic acids is 1. The van der Waals surface area contributed by atoms with Crippen LogP contribution in [0, 0.1) is 0 Å². The van der Waals surface area contributed by atoms with Crippen molar-refractivity contribution >= 4 is 5.91 Å². The SMILES string of the molecule is COc1ccc(OC[C@@H](C)NC(=O)c2ccc(-c3ccccc3)cc2)cc1. The first-order valence-corrected chi connectivity index (χ1v) is 8.89. The van der Waals surface area contributed by atoms with Crippen molar-refractivity contribution in [3.63, 3.8) is 0 Å². The van der Waals surface area contributed by atoms with Gasteiger partial charge in [0.25, 0.3) is 5.91 Å². The summed E-state index contributed by atoms with van der Waals surface area (Å²) in [6.45, 7) is 2.31. The van der Waals surface area contributed by atoms with Crippen LogP contribution in [-0.4, -0.2) is 25.7 Å². The second kappa shape index (κ2) is 8.90. The Balaban J connectivity index is 1.53. The highest BCUT2D eigenvalue weighted by Crippen LogP contribution is 2.19. The molecule has 1 N–H and O–H groups in total. The van der Waals surface area contributed by atoms with Gasteiger partial charge in [0, 0.05) is 5.56 Å². The lowest BCUT2D eigenvalue weighted by atomic mass is 10.0. The molecule has 1 amide bonds. The molecule has 0 bridgehead atoms. The smallest absolute Gasteiger partial charge is 0.251 e. The fourth-order valence-corrected chi connectivity index (χ4v) is 2.69. The Hall–Kier alpha value is -3.27. The summed E-state index contributed by atoms with van der Waals surface area (Å²) < 4.78 is 10.8. The van der Waals surface area contributed by atoms with Crippen LogP contribution in [0.1, 0.15) is 17.3 Å². The number of rotatable bonds is 7. The van der Waals surface area contributed by atoms with Gasteiger partial charge in [0.2, 0.25) is 0 Å². The van der Waals surface area contributed by atoms with E-state index in [2.05, 4.69) is 5.32 Å². The molecule has 4 nitrogen and oxygen atoms in total. The second-order valence-corrected chi connectivity index (χ2v) is 6.30. The van der Waals surface area contributed by atoms with Gasteiger partial charge >= 0.3 is 0 Å². The first kappa shape index (κ1) is 18.5. The largest absolute Gasteiger partial charge is 0.497 e. The van der Waals surface area contributed by atoms with Crippen LogP contribution in [0.25, 0.3) is 11.1 Å². The number of ether oxygens (including phenoxy) is 2. The third-order valence-corrected chi connectivity index (χ3v) is 4.19. The van der Waals surface area contributed by atoms with E-state index in [0.717, 1.165) is 22.6 Å². The monoisotopic (exact) mass is 361 g/mol. The first-order valence-electron chi connectivity index (χ1n) is 8.89. The summed E-state index contributed by atoms with van der Waals surface area (Å²) in [4.78, 5) is 12.4. The van der Waals surface area contributed by atoms with E-state index in [1.165, 1.54) is 0 Å².